The molecule has 5 nitrogen and oxygen atoms in total. The molecular weight excluding hydrogens is 300 g/mol. The van der Waals surface area contributed by atoms with E-state index in [0.717, 1.165) is 6.07 Å². The number of nitriles is 1. The van der Waals surface area contributed by atoms with E-state index in [2.05, 4.69) is 0 Å². The summed E-state index contributed by atoms with van der Waals surface area (Å²) in [5.41, 5.74) is -0.807. The first-order valence-corrected chi connectivity index (χ1v) is 7.43. The molecule has 0 N–H and O–H groups in total. The standard InChI is InChI=1S/C16H21BFNO4/c1-15(2)16(3,4)23-17(22-15)12-9-14(21-7-6-20-5)11(10-19)8-13(12)18/h8-9H,6-7H2,1-5H3. The summed E-state index contributed by atoms with van der Waals surface area (Å²) in [5.74, 6) is -0.269. The second kappa shape index (κ2) is 6.48. The van der Waals surface area contributed by atoms with Gasteiger partial charge in [-0.15, -0.1) is 0 Å². The zero-order valence-electron chi connectivity index (χ0n) is 14.1. The van der Waals surface area contributed by atoms with Gasteiger partial charge in [0.15, 0.2) is 0 Å². The number of rotatable bonds is 5. The van der Waals surface area contributed by atoms with Crippen molar-refractivity contribution in [3.8, 4) is 11.8 Å². The Morgan fingerprint density at radius 2 is 1.78 bits per heavy atom. The van der Waals surface area contributed by atoms with E-state index in [9.17, 15) is 4.39 Å². The molecule has 0 unspecified atom stereocenters. The monoisotopic (exact) mass is 321 g/mol. The van der Waals surface area contributed by atoms with Gasteiger partial charge in [0, 0.05) is 12.6 Å². The number of methoxy groups -OCH3 is 1. The van der Waals surface area contributed by atoms with E-state index in [0.29, 0.717) is 6.61 Å². The van der Waals surface area contributed by atoms with Crippen LogP contribution in [-0.2, 0) is 14.0 Å². The van der Waals surface area contributed by atoms with E-state index in [4.69, 9.17) is 24.0 Å². The van der Waals surface area contributed by atoms with Gasteiger partial charge in [0.05, 0.1) is 23.4 Å². The van der Waals surface area contributed by atoms with Crippen LogP contribution >= 0.6 is 0 Å². The molecule has 0 saturated carbocycles. The first-order chi connectivity index (χ1) is 10.7. The highest BCUT2D eigenvalue weighted by Crippen LogP contribution is 2.37. The van der Waals surface area contributed by atoms with Gasteiger partial charge in [0.1, 0.15) is 24.2 Å². The van der Waals surface area contributed by atoms with Crippen LogP contribution < -0.4 is 10.2 Å². The molecule has 1 fully saturated rings. The molecule has 0 spiro atoms. The molecule has 0 bridgehead atoms. The smallest absolute Gasteiger partial charge is 0.490 e. The van der Waals surface area contributed by atoms with Crippen LogP contribution in [0.25, 0.3) is 0 Å². The fourth-order valence-electron chi connectivity index (χ4n) is 2.16. The molecule has 1 aromatic carbocycles. The minimum atomic E-state index is -0.850. The number of halogens is 1. The van der Waals surface area contributed by atoms with Crippen LogP contribution in [0.4, 0.5) is 4.39 Å². The summed E-state index contributed by atoms with van der Waals surface area (Å²) in [6.45, 7) is 8.21. The molecule has 7 heteroatoms. The number of hydrogen-bond donors (Lipinski definition) is 0. The summed E-state index contributed by atoms with van der Waals surface area (Å²) in [6.07, 6.45) is 0. The zero-order valence-corrected chi connectivity index (χ0v) is 14.1. The maximum Gasteiger partial charge on any atom is 0.497 e. The Morgan fingerprint density at radius 1 is 1.17 bits per heavy atom. The highest BCUT2D eigenvalue weighted by Gasteiger charge is 2.52. The van der Waals surface area contributed by atoms with E-state index in [1.54, 1.807) is 7.11 Å². The predicted octanol–water partition coefficient (Wildman–Crippen LogP) is 2.02. The maximum absolute atomic E-state index is 14.4. The Hall–Kier alpha value is -1.62. The van der Waals surface area contributed by atoms with Gasteiger partial charge in [-0.2, -0.15) is 5.26 Å². The summed E-state index contributed by atoms with van der Waals surface area (Å²) in [5, 5.41) is 9.13. The second-order valence-corrected chi connectivity index (χ2v) is 6.41. The first kappa shape index (κ1) is 17.7. The first-order valence-electron chi connectivity index (χ1n) is 7.43. The molecule has 0 amide bonds. The lowest BCUT2D eigenvalue weighted by Crippen LogP contribution is -2.41. The van der Waals surface area contributed by atoms with E-state index in [-0.39, 0.29) is 23.4 Å². The van der Waals surface area contributed by atoms with Crippen molar-refractivity contribution in [3.05, 3.63) is 23.5 Å². The third-order valence-corrected chi connectivity index (χ3v) is 4.27. The Balaban J connectivity index is 2.33. The van der Waals surface area contributed by atoms with Crippen LogP contribution in [-0.4, -0.2) is 38.6 Å². The number of nitrogens with zero attached hydrogens (tertiary/aromatic N) is 1. The minimum absolute atomic E-state index is 0.124. The Kier molecular flexibility index (Phi) is 5.00. The van der Waals surface area contributed by atoms with E-state index in [1.165, 1.54) is 6.07 Å². The minimum Gasteiger partial charge on any atom is -0.490 e. The lowest BCUT2D eigenvalue weighted by Gasteiger charge is -2.32. The summed E-state index contributed by atoms with van der Waals surface area (Å²) < 4.78 is 36.5. The molecule has 0 aliphatic carbocycles. The van der Waals surface area contributed by atoms with Crippen LogP contribution in [0, 0.1) is 17.1 Å². The van der Waals surface area contributed by atoms with E-state index in [1.807, 2.05) is 33.8 Å². The number of benzene rings is 1. The van der Waals surface area contributed by atoms with Crippen molar-refractivity contribution in [2.75, 3.05) is 20.3 Å². The second-order valence-electron chi connectivity index (χ2n) is 6.41. The van der Waals surface area contributed by atoms with Crippen molar-refractivity contribution >= 4 is 12.6 Å². The summed E-state index contributed by atoms with van der Waals surface area (Å²) >= 11 is 0. The highest BCUT2D eigenvalue weighted by atomic mass is 19.1. The van der Waals surface area contributed by atoms with Crippen molar-refractivity contribution in [1.29, 1.82) is 5.26 Å². The molecule has 23 heavy (non-hydrogen) atoms. The van der Waals surface area contributed by atoms with Gasteiger partial charge in [-0.05, 0) is 39.8 Å². The summed E-state index contributed by atoms with van der Waals surface area (Å²) in [7, 11) is 0.701. The fourth-order valence-corrected chi connectivity index (χ4v) is 2.16. The van der Waals surface area contributed by atoms with Crippen molar-refractivity contribution in [2.24, 2.45) is 0 Å². The van der Waals surface area contributed by atoms with E-state index >= 15 is 0 Å². The molecular formula is C16H21BFNO4. The maximum atomic E-state index is 14.4. The molecule has 1 aliphatic heterocycles. The van der Waals surface area contributed by atoms with Gasteiger partial charge in [-0.25, -0.2) is 4.39 Å². The third-order valence-electron chi connectivity index (χ3n) is 4.27. The highest BCUT2D eigenvalue weighted by molar-refractivity contribution is 6.62. The van der Waals surface area contributed by atoms with Crippen LogP contribution in [0.15, 0.2) is 12.1 Å². The largest absolute Gasteiger partial charge is 0.497 e. The topological polar surface area (TPSA) is 60.7 Å². The Bertz CT molecular complexity index is 611. The molecule has 1 heterocycles. The van der Waals surface area contributed by atoms with Crippen molar-refractivity contribution < 1.29 is 23.2 Å². The molecule has 124 valence electrons. The number of ether oxygens (including phenoxy) is 2. The third kappa shape index (κ3) is 3.50. The molecule has 0 radical (unpaired) electrons. The van der Waals surface area contributed by atoms with Crippen LogP contribution in [0.3, 0.4) is 0 Å². The van der Waals surface area contributed by atoms with Crippen LogP contribution in [0.1, 0.15) is 33.3 Å². The fraction of sp³-hybridized carbons (Fsp3) is 0.562. The Morgan fingerprint density at radius 3 is 2.30 bits per heavy atom. The van der Waals surface area contributed by atoms with Gasteiger partial charge >= 0.3 is 7.12 Å². The average molecular weight is 321 g/mol. The Labute approximate surface area is 136 Å². The van der Waals surface area contributed by atoms with Crippen molar-refractivity contribution in [1.82, 2.24) is 0 Å². The molecule has 1 aliphatic rings. The van der Waals surface area contributed by atoms with Gasteiger partial charge < -0.3 is 18.8 Å². The predicted molar refractivity (Wildman–Crippen MR) is 84.2 cm³/mol. The molecule has 1 saturated heterocycles. The quantitative estimate of drug-likeness (QED) is 0.613. The lowest BCUT2D eigenvalue weighted by atomic mass is 9.78. The van der Waals surface area contributed by atoms with Crippen LogP contribution in [0.5, 0.6) is 5.75 Å². The summed E-state index contributed by atoms with van der Waals surface area (Å²) in [4.78, 5) is 0. The molecule has 1 aromatic rings. The molecule has 0 aromatic heterocycles. The zero-order chi connectivity index (χ0) is 17.3. The van der Waals surface area contributed by atoms with Gasteiger partial charge in [-0.3, -0.25) is 0 Å². The van der Waals surface area contributed by atoms with E-state index < -0.39 is 24.1 Å². The van der Waals surface area contributed by atoms with Crippen molar-refractivity contribution in [2.45, 2.75) is 38.9 Å². The number of hydrogen-bond acceptors (Lipinski definition) is 5. The molecule has 0 atom stereocenters. The average Bonchev–Trinajstić information content (AvgIpc) is 2.68. The SMILES string of the molecule is COCCOc1cc(B2OC(C)(C)C(C)(C)O2)c(F)cc1C#N. The van der Waals surface area contributed by atoms with Gasteiger partial charge in [0.25, 0.3) is 0 Å². The van der Waals surface area contributed by atoms with Gasteiger partial charge in [0.2, 0.25) is 0 Å². The summed E-state index contributed by atoms with van der Waals surface area (Å²) in [6, 6.07) is 4.53. The van der Waals surface area contributed by atoms with Gasteiger partial charge in [-0.1, -0.05) is 0 Å². The van der Waals surface area contributed by atoms with Crippen LogP contribution in [0.2, 0.25) is 0 Å². The van der Waals surface area contributed by atoms with Crippen molar-refractivity contribution in [3.63, 3.8) is 0 Å². The lowest BCUT2D eigenvalue weighted by molar-refractivity contribution is 0.00578. The molecule has 2 rings (SSSR count). The normalized spacial score (nSPS) is 18.7.